The molecule has 0 unspecified atom stereocenters. The van der Waals surface area contributed by atoms with Crippen LogP contribution in [0.4, 0.5) is 0 Å². The maximum atomic E-state index is 4.47. The lowest BCUT2D eigenvalue weighted by molar-refractivity contribution is 0.627. The van der Waals surface area contributed by atoms with Crippen LogP contribution in [0.15, 0.2) is 30.6 Å². The molecule has 1 N–H and O–H groups in total. The third kappa shape index (κ3) is 3.17. The summed E-state index contributed by atoms with van der Waals surface area (Å²) in [6, 6.07) is 6.13. The van der Waals surface area contributed by atoms with Gasteiger partial charge in [-0.2, -0.15) is 5.10 Å². The summed E-state index contributed by atoms with van der Waals surface area (Å²) in [6.45, 7) is 6.88. The largest absolute Gasteiger partial charge is 0.313 e. The zero-order chi connectivity index (χ0) is 12.8. The highest BCUT2D eigenvalue weighted by Gasteiger charge is 2.05. The van der Waals surface area contributed by atoms with E-state index < -0.39 is 0 Å². The Morgan fingerprint density at radius 1 is 1.28 bits per heavy atom. The van der Waals surface area contributed by atoms with Gasteiger partial charge in [0.15, 0.2) is 0 Å². The standard InChI is InChI=1S/C14H20N4/c1-3-7-15-10-13-5-4-8-16-14(13)11-18-12(2)6-9-17-18/h4-6,8-9,15H,3,7,10-11H2,1-2H3. The minimum absolute atomic E-state index is 0.739. The predicted molar refractivity (Wildman–Crippen MR) is 72.3 cm³/mol. The third-order valence-corrected chi connectivity index (χ3v) is 2.96. The summed E-state index contributed by atoms with van der Waals surface area (Å²) in [4.78, 5) is 4.47. The molecule has 4 heteroatoms. The zero-order valence-electron chi connectivity index (χ0n) is 11.1. The van der Waals surface area contributed by atoms with Gasteiger partial charge < -0.3 is 5.32 Å². The van der Waals surface area contributed by atoms with Crippen LogP contribution in [-0.2, 0) is 13.1 Å². The molecule has 0 aliphatic carbocycles. The number of nitrogens with zero attached hydrogens (tertiary/aromatic N) is 3. The summed E-state index contributed by atoms with van der Waals surface area (Å²) in [5, 5.41) is 7.72. The molecule has 0 aliphatic rings. The van der Waals surface area contributed by atoms with E-state index in [0.29, 0.717) is 0 Å². The Balaban J connectivity index is 2.10. The van der Waals surface area contributed by atoms with Gasteiger partial charge in [-0.25, -0.2) is 0 Å². The quantitative estimate of drug-likeness (QED) is 0.792. The fourth-order valence-electron chi connectivity index (χ4n) is 1.88. The summed E-state index contributed by atoms with van der Waals surface area (Å²) in [6.07, 6.45) is 4.82. The molecule has 0 radical (unpaired) electrons. The van der Waals surface area contributed by atoms with Crippen molar-refractivity contribution in [3.05, 3.63) is 47.5 Å². The van der Waals surface area contributed by atoms with E-state index in [1.54, 1.807) is 0 Å². The highest BCUT2D eigenvalue weighted by Crippen LogP contribution is 2.08. The van der Waals surface area contributed by atoms with Gasteiger partial charge in [-0.05, 0) is 37.6 Å². The monoisotopic (exact) mass is 244 g/mol. The van der Waals surface area contributed by atoms with Gasteiger partial charge >= 0.3 is 0 Å². The molecule has 0 saturated heterocycles. The first-order chi connectivity index (χ1) is 8.81. The lowest BCUT2D eigenvalue weighted by Gasteiger charge is -2.10. The van der Waals surface area contributed by atoms with Gasteiger partial charge in [-0.1, -0.05) is 13.0 Å². The first kappa shape index (κ1) is 12.8. The molecule has 0 saturated carbocycles. The van der Waals surface area contributed by atoms with E-state index in [-0.39, 0.29) is 0 Å². The van der Waals surface area contributed by atoms with Gasteiger partial charge in [0.1, 0.15) is 0 Å². The van der Waals surface area contributed by atoms with Gasteiger partial charge in [0, 0.05) is 24.6 Å². The van der Waals surface area contributed by atoms with Crippen LogP contribution >= 0.6 is 0 Å². The Hall–Kier alpha value is -1.68. The predicted octanol–water partition coefficient (Wildman–Crippen LogP) is 2.13. The molecular formula is C14H20N4. The van der Waals surface area contributed by atoms with E-state index >= 15 is 0 Å². The van der Waals surface area contributed by atoms with Crippen molar-refractivity contribution in [3.63, 3.8) is 0 Å². The van der Waals surface area contributed by atoms with Crippen molar-refractivity contribution in [1.82, 2.24) is 20.1 Å². The van der Waals surface area contributed by atoms with E-state index in [1.165, 1.54) is 5.56 Å². The average Bonchev–Trinajstić information content (AvgIpc) is 2.78. The van der Waals surface area contributed by atoms with Crippen LogP contribution in [0.1, 0.15) is 30.3 Å². The Kier molecular flexibility index (Phi) is 4.47. The molecule has 2 aromatic heterocycles. The van der Waals surface area contributed by atoms with Crippen molar-refractivity contribution in [2.75, 3.05) is 6.54 Å². The average molecular weight is 244 g/mol. The van der Waals surface area contributed by atoms with Crippen LogP contribution in [0.25, 0.3) is 0 Å². The highest BCUT2D eigenvalue weighted by molar-refractivity contribution is 5.20. The first-order valence-corrected chi connectivity index (χ1v) is 6.43. The van der Waals surface area contributed by atoms with E-state index in [4.69, 9.17) is 0 Å². The van der Waals surface area contributed by atoms with Crippen LogP contribution in [0, 0.1) is 6.92 Å². The molecule has 4 nitrogen and oxygen atoms in total. The van der Waals surface area contributed by atoms with E-state index in [1.807, 2.05) is 29.2 Å². The minimum atomic E-state index is 0.739. The van der Waals surface area contributed by atoms with Crippen LogP contribution in [-0.4, -0.2) is 21.3 Å². The lowest BCUT2D eigenvalue weighted by atomic mass is 10.2. The Labute approximate surface area is 108 Å². The highest BCUT2D eigenvalue weighted by atomic mass is 15.3. The number of pyridine rings is 1. The van der Waals surface area contributed by atoms with Crippen molar-refractivity contribution in [1.29, 1.82) is 0 Å². The van der Waals surface area contributed by atoms with E-state index in [0.717, 1.165) is 37.4 Å². The van der Waals surface area contributed by atoms with Crippen LogP contribution < -0.4 is 5.32 Å². The molecule has 0 fully saturated rings. The van der Waals surface area contributed by atoms with E-state index in [9.17, 15) is 0 Å². The molecule has 2 rings (SSSR count). The number of aromatic nitrogens is 3. The molecule has 0 spiro atoms. The fourth-order valence-corrected chi connectivity index (χ4v) is 1.88. The Morgan fingerprint density at radius 3 is 2.89 bits per heavy atom. The zero-order valence-corrected chi connectivity index (χ0v) is 11.1. The van der Waals surface area contributed by atoms with Gasteiger partial charge in [0.05, 0.1) is 12.2 Å². The van der Waals surface area contributed by atoms with Gasteiger partial charge in [0.2, 0.25) is 0 Å². The Morgan fingerprint density at radius 2 is 2.17 bits per heavy atom. The molecule has 0 aliphatic heterocycles. The molecule has 0 aromatic carbocycles. The molecular weight excluding hydrogens is 224 g/mol. The van der Waals surface area contributed by atoms with Crippen molar-refractivity contribution in [2.24, 2.45) is 0 Å². The van der Waals surface area contributed by atoms with Crippen LogP contribution in [0.2, 0.25) is 0 Å². The summed E-state index contributed by atoms with van der Waals surface area (Å²) < 4.78 is 1.98. The second kappa shape index (κ2) is 6.31. The van der Waals surface area contributed by atoms with Crippen molar-refractivity contribution < 1.29 is 0 Å². The van der Waals surface area contributed by atoms with Crippen molar-refractivity contribution in [2.45, 2.75) is 33.4 Å². The molecule has 18 heavy (non-hydrogen) atoms. The summed E-state index contributed by atoms with van der Waals surface area (Å²) >= 11 is 0. The smallest absolute Gasteiger partial charge is 0.0837 e. The normalized spacial score (nSPS) is 10.8. The SMILES string of the molecule is CCCNCc1cccnc1Cn1nccc1C. The second-order valence-corrected chi connectivity index (χ2v) is 4.42. The number of rotatable bonds is 6. The van der Waals surface area contributed by atoms with Gasteiger partial charge in [-0.15, -0.1) is 0 Å². The maximum Gasteiger partial charge on any atom is 0.0837 e. The summed E-state index contributed by atoms with van der Waals surface area (Å²) in [5.74, 6) is 0. The van der Waals surface area contributed by atoms with Crippen LogP contribution in [0.5, 0.6) is 0 Å². The molecule has 96 valence electrons. The molecule has 0 amide bonds. The van der Waals surface area contributed by atoms with Gasteiger partial charge in [0.25, 0.3) is 0 Å². The summed E-state index contributed by atoms with van der Waals surface area (Å²) in [5.41, 5.74) is 3.50. The first-order valence-electron chi connectivity index (χ1n) is 6.43. The number of hydrogen-bond acceptors (Lipinski definition) is 3. The minimum Gasteiger partial charge on any atom is -0.313 e. The number of hydrogen-bond donors (Lipinski definition) is 1. The van der Waals surface area contributed by atoms with E-state index in [2.05, 4.69) is 35.3 Å². The third-order valence-electron chi connectivity index (χ3n) is 2.96. The number of aryl methyl sites for hydroxylation is 1. The van der Waals surface area contributed by atoms with Gasteiger partial charge in [-0.3, -0.25) is 9.67 Å². The van der Waals surface area contributed by atoms with Crippen molar-refractivity contribution >= 4 is 0 Å². The lowest BCUT2D eigenvalue weighted by Crippen LogP contribution is -2.17. The fraction of sp³-hybridized carbons (Fsp3) is 0.429. The second-order valence-electron chi connectivity index (χ2n) is 4.42. The maximum absolute atomic E-state index is 4.47. The summed E-state index contributed by atoms with van der Waals surface area (Å²) in [7, 11) is 0. The molecule has 0 atom stereocenters. The molecule has 2 aromatic rings. The number of nitrogens with one attached hydrogen (secondary N) is 1. The molecule has 2 heterocycles. The van der Waals surface area contributed by atoms with Crippen molar-refractivity contribution in [3.8, 4) is 0 Å². The Bertz CT molecular complexity index is 490. The van der Waals surface area contributed by atoms with Crippen LogP contribution in [0.3, 0.4) is 0 Å². The molecule has 0 bridgehead atoms. The topological polar surface area (TPSA) is 42.7 Å².